The molecule has 3 nitrogen and oxygen atoms in total. The highest BCUT2D eigenvalue weighted by Gasteiger charge is 2.13. The Morgan fingerprint density at radius 1 is 1.60 bits per heavy atom. The third kappa shape index (κ3) is 2.37. The molecule has 0 aliphatic rings. The summed E-state index contributed by atoms with van der Waals surface area (Å²) in [6.45, 7) is 5.98. The lowest BCUT2D eigenvalue weighted by atomic mass is 10.1. The zero-order valence-corrected chi connectivity index (χ0v) is 9.16. The van der Waals surface area contributed by atoms with Crippen molar-refractivity contribution in [2.24, 2.45) is 0 Å². The highest BCUT2D eigenvalue weighted by atomic mass is 16.2. The van der Waals surface area contributed by atoms with Crippen molar-refractivity contribution in [2.45, 2.75) is 6.92 Å². The van der Waals surface area contributed by atoms with Crippen LogP contribution in [0.4, 0.5) is 5.69 Å². The Morgan fingerprint density at radius 2 is 2.27 bits per heavy atom. The van der Waals surface area contributed by atoms with Crippen molar-refractivity contribution in [2.75, 3.05) is 19.3 Å². The summed E-state index contributed by atoms with van der Waals surface area (Å²) >= 11 is 0. The van der Waals surface area contributed by atoms with E-state index < -0.39 is 0 Å². The zero-order valence-electron chi connectivity index (χ0n) is 9.16. The maximum Gasteiger partial charge on any atom is 0.254 e. The molecule has 1 aromatic carbocycles. The van der Waals surface area contributed by atoms with Crippen molar-refractivity contribution >= 4 is 11.6 Å². The van der Waals surface area contributed by atoms with Crippen LogP contribution < -0.4 is 5.73 Å². The number of amides is 1. The van der Waals surface area contributed by atoms with E-state index in [9.17, 15) is 4.79 Å². The van der Waals surface area contributed by atoms with E-state index in [2.05, 4.69) is 6.58 Å². The van der Waals surface area contributed by atoms with Crippen LogP contribution in [0, 0.1) is 6.92 Å². The van der Waals surface area contributed by atoms with E-state index >= 15 is 0 Å². The molecule has 0 aliphatic heterocycles. The highest BCUT2D eigenvalue weighted by Crippen LogP contribution is 2.16. The van der Waals surface area contributed by atoms with Crippen LogP contribution in [0.25, 0.3) is 0 Å². The molecule has 0 saturated carbocycles. The number of anilines is 1. The SMILES string of the molecule is C=CCN(C)C(=O)c1cccc(N)c1C. The Labute approximate surface area is 90.2 Å². The molecule has 3 heteroatoms. The van der Waals surface area contributed by atoms with Gasteiger partial charge in [-0.25, -0.2) is 0 Å². The predicted molar refractivity (Wildman–Crippen MR) is 62.7 cm³/mol. The Hall–Kier alpha value is -1.77. The second-order valence-electron chi connectivity index (χ2n) is 3.49. The van der Waals surface area contributed by atoms with E-state index in [1.807, 2.05) is 6.92 Å². The summed E-state index contributed by atoms with van der Waals surface area (Å²) < 4.78 is 0. The molecule has 1 aromatic rings. The molecule has 0 aromatic heterocycles. The summed E-state index contributed by atoms with van der Waals surface area (Å²) in [6, 6.07) is 5.37. The van der Waals surface area contributed by atoms with Crippen molar-refractivity contribution in [1.29, 1.82) is 0 Å². The average molecular weight is 204 g/mol. The maximum atomic E-state index is 11.9. The first-order chi connectivity index (χ1) is 7.07. The molecule has 80 valence electrons. The van der Waals surface area contributed by atoms with Crippen LogP contribution >= 0.6 is 0 Å². The Kier molecular flexibility index (Phi) is 3.50. The van der Waals surface area contributed by atoms with E-state index in [0.29, 0.717) is 17.8 Å². The lowest BCUT2D eigenvalue weighted by Gasteiger charge is -2.16. The summed E-state index contributed by atoms with van der Waals surface area (Å²) in [7, 11) is 1.74. The molecule has 0 fully saturated rings. The van der Waals surface area contributed by atoms with Crippen LogP contribution in [0.5, 0.6) is 0 Å². The van der Waals surface area contributed by atoms with E-state index in [4.69, 9.17) is 5.73 Å². The number of carbonyl (C=O) groups is 1. The summed E-state index contributed by atoms with van der Waals surface area (Å²) in [5.74, 6) is -0.0281. The molecule has 1 rings (SSSR count). The number of hydrogen-bond acceptors (Lipinski definition) is 2. The zero-order chi connectivity index (χ0) is 11.4. The van der Waals surface area contributed by atoms with E-state index in [1.165, 1.54) is 0 Å². The molecule has 0 heterocycles. The van der Waals surface area contributed by atoms with Gasteiger partial charge in [-0.05, 0) is 24.6 Å². The Morgan fingerprint density at radius 3 is 2.87 bits per heavy atom. The van der Waals surface area contributed by atoms with Gasteiger partial charge in [-0.3, -0.25) is 4.79 Å². The van der Waals surface area contributed by atoms with Crippen molar-refractivity contribution < 1.29 is 4.79 Å². The smallest absolute Gasteiger partial charge is 0.254 e. The molecular formula is C12H16N2O. The molecule has 15 heavy (non-hydrogen) atoms. The maximum absolute atomic E-state index is 11.9. The number of nitrogens with zero attached hydrogens (tertiary/aromatic N) is 1. The average Bonchev–Trinajstić information content (AvgIpc) is 2.21. The minimum absolute atomic E-state index is 0.0281. The summed E-state index contributed by atoms with van der Waals surface area (Å²) in [5, 5.41) is 0. The van der Waals surface area contributed by atoms with Crippen LogP contribution in [-0.2, 0) is 0 Å². The molecule has 0 atom stereocenters. The lowest BCUT2D eigenvalue weighted by Crippen LogP contribution is -2.27. The third-order valence-electron chi connectivity index (χ3n) is 2.36. The van der Waals surface area contributed by atoms with Crippen LogP contribution in [0.2, 0.25) is 0 Å². The minimum Gasteiger partial charge on any atom is -0.398 e. The Balaban J connectivity index is 3.01. The van der Waals surface area contributed by atoms with Gasteiger partial charge in [0.15, 0.2) is 0 Å². The van der Waals surface area contributed by atoms with Gasteiger partial charge in [0.1, 0.15) is 0 Å². The molecule has 0 aliphatic carbocycles. The summed E-state index contributed by atoms with van der Waals surface area (Å²) in [4.78, 5) is 13.5. The fourth-order valence-corrected chi connectivity index (χ4v) is 1.37. The van der Waals surface area contributed by atoms with Gasteiger partial charge in [-0.15, -0.1) is 6.58 Å². The molecule has 0 radical (unpaired) electrons. The van der Waals surface area contributed by atoms with Crippen molar-refractivity contribution in [1.82, 2.24) is 4.90 Å². The quantitative estimate of drug-likeness (QED) is 0.603. The molecule has 0 spiro atoms. The van der Waals surface area contributed by atoms with Crippen LogP contribution in [0.3, 0.4) is 0 Å². The topological polar surface area (TPSA) is 46.3 Å². The van der Waals surface area contributed by atoms with Crippen LogP contribution in [-0.4, -0.2) is 24.4 Å². The second-order valence-corrected chi connectivity index (χ2v) is 3.49. The third-order valence-corrected chi connectivity index (χ3v) is 2.36. The Bertz CT molecular complexity index is 385. The van der Waals surface area contributed by atoms with E-state index in [1.54, 1.807) is 36.2 Å². The van der Waals surface area contributed by atoms with Gasteiger partial charge in [0, 0.05) is 24.8 Å². The number of nitrogen functional groups attached to an aromatic ring is 1. The molecular weight excluding hydrogens is 188 g/mol. The largest absolute Gasteiger partial charge is 0.398 e. The number of benzene rings is 1. The van der Waals surface area contributed by atoms with Gasteiger partial charge in [-0.2, -0.15) is 0 Å². The predicted octanol–water partition coefficient (Wildman–Crippen LogP) is 1.84. The fourth-order valence-electron chi connectivity index (χ4n) is 1.37. The van der Waals surface area contributed by atoms with Crippen LogP contribution in [0.1, 0.15) is 15.9 Å². The molecule has 2 N–H and O–H groups in total. The number of likely N-dealkylation sites (N-methyl/N-ethyl adjacent to an activating group) is 1. The van der Waals surface area contributed by atoms with Gasteiger partial charge >= 0.3 is 0 Å². The second kappa shape index (κ2) is 4.64. The van der Waals surface area contributed by atoms with Crippen molar-refractivity contribution in [3.05, 3.63) is 42.0 Å². The lowest BCUT2D eigenvalue weighted by molar-refractivity contribution is 0.0809. The minimum atomic E-state index is -0.0281. The number of rotatable bonds is 3. The first kappa shape index (κ1) is 11.3. The molecule has 1 amide bonds. The van der Waals surface area contributed by atoms with Crippen molar-refractivity contribution in [3.63, 3.8) is 0 Å². The van der Waals surface area contributed by atoms with Gasteiger partial charge in [-0.1, -0.05) is 12.1 Å². The summed E-state index contributed by atoms with van der Waals surface area (Å²) in [5.41, 5.74) is 7.87. The molecule has 0 saturated heterocycles. The molecule has 0 unspecified atom stereocenters. The normalized spacial score (nSPS) is 9.73. The van der Waals surface area contributed by atoms with Crippen LogP contribution in [0.15, 0.2) is 30.9 Å². The number of carbonyl (C=O) groups excluding carboxylic acids is 1. The van der Waals surface area contributed by atoms with Gasteiger partial charge in [0.05, 0.1) is 0 Å². The highest BCUT2D eigenvalue weighted by molar-refractivity contribution is 5.96. The van der Waals surface area contributed by atoms with E-state index in [-0.39, 0.29) is 5.91 Å². The monoisotopic (exact) mass is 204 g/mol. The first-order valence-electron chi connectivity index (χ1n) is 4.79. The standard InChI is InChI=1S/C12H16N2O/c1-4-8-14(3)12(15)10-6-5-7-11(13)9(10)2/h4-7H,1,8,13H2,2-3H3. The fraction of sp³-hybridized carbons (Fsp3) is 0.250. The molecule has 0 bridgehead atoms. The van der Waals surface area contributed by atoms with Gasteiger partial charge in [0.25, 0.3) is 5.91 Å². The first-order valence-corrected chi connectivity index (χ1v) is 4.79. The summed E-state index contributed by atoms with van der Waals surface area (Å²) in [6.07, 6.45) is 1.69. The van der Waals surface area contributed by atoms with E-state index in [0.717, 1.165) is 5.56 Å². The van der Waals surface area contributed by atoms with Gasteiger partial charge < -0.3 is 10.6 Å². The van der Waals surface area contributed by atoms with Gasteiger partial charge in [0.2, 0.25) is 0 Å². The number of nitrogens with two attached hydrogens (primary N) is 1. The number of hydrogen-bond donors (Lipinski definition) is 1. The van der Waals surface area contributed by atoms with Crippen molar-refractivity contribution in [3.8, 4) is 0 Å².